The van der Waals surface area contributed by atoms with Crippen LogP contribution < -0.4 is 0 Å². The standard InChI is InChI=1S/C14H18OS/c15-14(7-8-14)9-11-3-5-13(6-4-11)16-10-12-1-2-12/h3-6,12,15H,1-2,7-10H2. The molecule has 2 aliphatic rings. The minimum atomic E-state index is -0.358. The van der Waals surface area contributed by atoms with Crippen LogP contribution in [0.3, 0.4) is 0 Å². The summed E-state index contributed by atoms with van der Waals surface area (Å²) in [5, 5.41) is 9.83. The van der Waals surface area contributed by atoms with Gasteiger partial charge in [0.25, 0.3) is 0 Å². The molecular formula is C14H18OS. The van der Waals surface area contributed by atoms with Gasteiger partial charge in [-0.05, 0) is 49.3 Å². The molecule has 3 rings (SSSR count). The molecule has 0 radical (unpaired) electrons. The molecule has 0 atom stereocenters. The van der Waals surface area contributed by atoms with Gasteiger partial charge in [-0.1, -0.05) is 12.1 Å². The Bertz CT molecular complexity index is 363. The van der Waals surface area contributed by atoms with Crippen molar-refractivity contribution >= 4 is 11.8 Å². The van der Waals surface area contributed by atoms with Crippen molar-refractivity contribution < 1.29 is 5.11 Å². The lowest BCUT2D eigenvalue weighted by atomic mass is 10.1. The van der Waals surface area contributed by atoms with Crippen LogP contribution in [0, 0.1) is 5.92 Å². The van der Waals surface area contributed by atoms with Gasteiger partial charge in [0.1, 0.15) is 0 Å². The second-order valence-electron chi connectivity index (χ2n) is 5.30. The lowest BCUT2D eigenvalue weighted by Crippen LogP contribution is -2.10. The van der Waals surface area contributed by atoms with Crippen molar-refractivity contribution in [3.63, 3.8) is 0 Å². The quantitative estimate of drug-likeness (QED) is 0.789. The largest absolute Gasteiger partial charge is 0.390 e. The topological polar surface area (TPSA) is 20.2 Å². The summed E-state index contributed by atoms with van der Waals surface area (Å²) in [7, 11) is 0. The van der Waals surface area contributed by atoms with Gasteiger partial charge < -0.3 is 5.11 Å². The first-order valence-electron chi connectivity index (χ1n) is 6.18. The summed E-state index contributed by atoms with van der Waals surface area (Å²) in [6.45, 7) is 0. The van der Waals surface area contributed by atoms with Gasteiger partial charge in [0.05, 0.1) is 5.60 Å². The van der Waals surface area contributed by atoms with E-state index in [-0.39, 0.29) is 5.60 Å². The third-order valence-electron chi connectivity index (χ3n) is 3.47. The Morgan fingerprint density at radius 2 is 1.88 bits per heavy atom. The van der Waals surface area contributed by atoms with E-state index >= 15 is 0 Å². The molecule has 0 aliphatic heterocycles. The zero-order chi connectivity index (χ0) is 11.0. The average molecular weight is 234 g/mol. The number of thioether (sulfide) groups is 1. The van der Waals surface area contributed by atoms with Crippen LogP contribution in [0.1, 0.15) is 31.2 Å². The van der Waals surface area contributed by atoms with Crippen molar-refractivity contribution in [1.29, 1.82) is 0 Å². The molecule has 0 bridgehead atoms. The van der Waals surface area contributed by atoms with Gasteiger partial charge in [-0.3, -0.25) is 0 Å². The minimum absolute atomic E-state index is 0.358. The smallest absolute Gasteiger partial charge is 0.0690 e. The normalized spacial score (nSPS) is 22.1. The lowest BCUT2D eigenvalue weighted by Gasteiger charge is -2.08. The fraction of sp³-hybridized carbons (Fsp3) is 0.571. The van der Waals surface area contributed by atoms with E-state index in [1.807, 2.05) is 11.8 Å². The zero-order valence-corrected chi connectivity index (χ0v) is 10.3. The average Bonchev–Trinajstić information content (AvgIpc) is 3.16. The highest BCUT2D eigenvalue weighted by Gasteiger charge is 2.39. The molecule has 2 heteroatoms. The molecule has 1 aromatic carbocycles. The number of benzene rings is 1. The van der Waals surface area contributed by atoms with Crippen LogP contribution in [0.15, 0.2) is 29.2 Å². The molecule has 0 unspecified atom stereocenters. The van der Waals surface area contributed by atoms with Crippen molar-refractivity contribution in [3.8, 4) is 0 Å². The van der Waals surface area contributed by atoms with Crippen LogP contribution in [-0.4, -0.2) is 16.5 Å². The van der Waals surface area contributed by atoms with Gasteiger partial charge in [-0.25, -0.2) is 0 Å². The predicted octanol–water partition coefficient (Wildman–Crippen LogP) is 3.26. The zero-order valence-electron chi connectivity index (χ0n) is 9.48. The van der Waals surface area contributed by atoms with E-state index in [0.29, 0.717) is 0 Å². The maximum absolute atomic E-state index is 9.83. The number of hydrogen-bond donors (Lipinski definition) is 1. The molecule has 16 heavy (non-hydrogen) atoms. The Hall–Kier alpha value is -0.470. The molecular weight excluding hydrogens is 216 g/mol. The summed E-state index contributed by atoms with van der Waals surface area (Å²) in [6, 6.07) is 8.75. The maximum Gasteiger partial charge on any atom is 0.0690 e. The van der Waals surface area contributed by atoms with Crippen LogP contribution in [0.5, 0.6) is 0 Å². The highest BCUT2D eigenvalue weighted by molar-refractivity contribution is 7.99. The summed E-state index contributed by atoms with van der Waals surface area (Å²) in [6.07, 6.45) is 5.65. The Kier molecular flexibility index (Phi) is 2.72. The molecule has 1 N–H and O–H groups in total. The molecule has 0 amide bonds. The molecule has 1 nitrogen and oxygen atoms in total. The van der Waals surface area contributed by atoms with E-state index in [1.165, 1.54) is 29.1 Å². The molecule has 0 aromatic heterocycles. The summed E-state index contributed by atoms with van der Waals surface area (Å²) >= 11 is 1.97. The van der Waals surface area contributed by atoms with E-state index < -0.39 is 0 Å². The number of hydrogen-bond acceptors (Lipinski definition) is 2. The molecule has 2 fully saturated rings. The van der Waals surface area contributed by atoms with Crippen LogP contribution in [0.4, 0.5) is 0 Å². The van der Waals surface area contributed by atoms with Gasteiger partial charge in [-0.15, -0.1) is 11.8 Å². The van der Waals surface area contributed by atoms with E-state index in [9.17, 15) is 5.11 Å². The fourth-order valence-electron chi connectivity index (χ4n) is 1.90. The van der Waals surface area contributed by atoms with Crippen molar-refractivity contribution in [2.45, 2.75) is 42.6 Å². The van der Waals surface area contributed by atoms with Gasteiger partial charge in [0.2, 0.25) is 0 Å². The van der Waals surface area contributed by atoms with E-state index in [1.54, 1.807) is 0 Å². The third-order valence-corrected chi connectivity index (χ3v) is 4.71. The first kappa shape index (κ1) is 10.7. The number of rotatable bonds is 5. The Balaban J connectivity index is 1.55. The Labute approximate surface area is 101 Å². The Morgan fingerprint density at radius 1 is 1.19 bits per heavy atom. The summed E-state index contributed by atoms with van der Waals surface area (Å²) in [4.78, 5) is 1.37. The van der Waals surface area contributed by atoms with Crippen LogP contribution in [-0.2, 0) is 6.42 Å². The van der Waals surface area contributed by atoms with Gasteiger partial charge in [0, 0.05) is 17.1 Å². The molecule has 0 spiro atoms. The monoisotopic (exact) mass is 234 g/mol. The molecule has 1 aromatic rings. The molecule has 0 heterocycles. The highest BCUT2D eigenvalue weighted by Crippen LogP contribution is 2.39. The van der Waals surface area contributed by atoms with E-state index in [4.69, 9.17) is 0 Å². The first-order chi connectivity index (χ1) is 7.73. The molecule has 2 aliphatic carbocycles. The molecule has 86 valence electrons. The van der Waals surface area contributed by atoms with Gasteiger partial charge in [0.15, 0.2) is 0 Å². The van der Waals surface area contributed by atoms with Crippen molar-refractivity contribution in [3.05, 3.63) is 29.8 Å². The minimum Gasteiger partial charge on any atom is -0.390 e. The fourth-order valence-corrected chi connectivity index (χ4v) is 2.99. The SMILES string of the molecule is OC1(Cc2ccc(SCC3CC3)cc2)CC1. The van der Waals surface area contributed by atoms with E-state index in [2.05, 4.69) is 24.3 Å². The Morgan fingerprint density at radius 3 is 2.44 bits per heavy atom. The second kappa shape index (κ2) is 4.08. The summed E-state index contributed by atoms with van der Waals surface area (Å²) in [5.74, 6) is 2.26. The summed E-state index contributed by atoms with van der Waals surface area (Å²) in [5.41, 5.74) is 0.915. The predicted molar refractivity (Wildman–Crippen MR) is 67.8 cm³/mol. The van der Waals surface area contributed by atoms with Crippen LogP contribution >= 0.6 is 11.8 Å². The van der Waals surface area contributed by atoms with Crippen LogP contribution in [0.2, 0.25) is 0 Å². The van der Waals surface area contributed by atoms with Crippen molar-refractivity contribution in [2.75, 3.05) is 5.75 Å². The van der Waals surface area contributed by atoms with Crippen LogP contribution in [0.25, 0.3) is 0 Å². The second-order valence-corrected chi connectivity index (χ2v) is 6.39. The van der Waals surface area contributed by atoms with Gasteiger partial charge in [-0.2, -0.15) is 0 Å². The third kappa shape index (κ3) is 2.80. The van der Waals surface area contributed by atoms with E-state index in [0.717, 1.165) is 25.2 Å². The number of aliphatic hydroxyl groups is 1. The lowest BCUT2D eigenvalue weighted by molar-refractivity contribution is 0.151. The molecule has 2 saturated carbocycles. The highest BCUT2D eigenvalue weighted by atomic mass is 32.2. The molecule has 0 saturated heterocycles. The van der Waals surface area contributed by atoms with Crippen molar-refractivity contribution in [1.82, 2.24) is 0 Å². The van der Waals surface area contributed by atoms with Crippen molar-refractivity contribution in [2.24, 2.45) is 5.92 Å². The first-order valence-corrected chi connectivity index (χ1v) is 7.16. The summed E-state index contributed by atoms with van der Waals surface area (Å²) < 4.78 is 0. The maximum atomic E-state index is 9.83. The van der Waals surface area contributed by atoms with Gasteiger partial charge >= 0.3 is 0 Å².